The van der Waals surface area contributed by atoms with Gasteiger partial charge in [-0.15, -0.1) is 0 Å². The molecule has 2 heterocycles. The summed E-state index contributed by atoms with van der Waals surface area (Å²) in [6, 6.07) is 6.31. The molecule has 0 fully saturated rings. The van der Waals surface area contributed by atoms with Crippen LogP contribution in [0, 0.1) is 13.8 Å². The topological polar surface area (TPSA) is 25.8 Å². The second-order valence-corrected chi connectivity index (χ2v) is 5.92. The maximum atomic E-state index is 6.24. The highest BCUT2D eigenvalue weighted by Crippen LogP contribution is 2.34. The first-order chi connectivity index (χ1) is 8.65. The molecule has 0 saturated carbocycles. The second kappa shape index (κ2) is 4.56. The molecule has 0 radical (unpaired) electrons. The summed E-state index contributed by atoms with van der Waals surface area (Å²) in [7, 11) is 0. The van der Waals surface area contributed by atoms with Crippen LogP contribution in [0.25, 0.3) is 11.4 Å². The Morgan fingerprint density at radius 3 is 2.78 bits per heavy atom. The van der Waals surface area contributed by atoms with E-state index >= 15 is 0 Å². The Hall–Kier alpha value is -1.06. The zero-order valence-electron chi connectivity index (χ0n) is 10.3. The Kier molecular flexibility index (Phi) is 3.04. The third kappa shape index (κ3) is 2.02. The Balaban J connectivity index is 2.15. The lowest BCUT2D eigenvalue weighted by Gasteiger charge is -2.08. The first-order valence-corrected chi connectivity index (χ1v) is 7.39. The van der Waals surface area contributed by atoms with Crippen LogP contribution >= 0.6 is 23.4 Å². The molecule has 1 aliphatic heterocycles. The minimum absolute atomic E-state index is 0.611. The number of halogens is 1. The van der Waals surface area contributed by atoms with Gasteiger partial charge in [0.2, 0.25) is 0 Å². The highest BCUT2D eigenvalue weighted by atomic mass is 35.5. The first-order valence-electron chi connectivity index (χ1n) is 5.86. The van der Waals surface area contributed by atoms with Crippen LogP contribution in [0.4, 0.5) is 0 Å². The van der Waals surface area contributed by atoms with Crippen LogP contribution in [-0.2, 0) is 11.5 Å². The van der Waals surface area contributed by atoms with Crippen molar-refractivity contribution in [2.75, 3.05) is 0 Å². The van der Waals surface area contributed by atoms with E-state index in [0.29, 0.717) is 5.15 Å². The molecule has 1 aliphatic rings. The van der Waals surface area contributed by atoms with Gasteiger partial charge in [-0.2, -0.15) is 11.8 Å². The second-order valence-electron chi connectivity index (χ2n) is 4.57. The minimum atomic E-state index is 0.611. The average Bonchev–Trinajstić information content (AvgIpc) is 2.77. The Labute approximate surface area is 116 Å². The van der Waals surface area contributed by atoms with Gasteiger partial charge in [-0.25, -0.2) is 9.97 Å². The lowest BCUT2D eigenvalue weighted by molar-refractivity contribution is 1.07. The monoisotopic (exact) mass is 276 g/mol. The van der Waals surface area contributed by atoms with Gasteiger partial charge in [-0.3, -0.25) is 0 Å². The van der Waals surface area contributed by atoms with Crippen molar-refractivity contribution in [1.82, 2.24) is 9.97 Å². The Morgan fingerprint density at radius 1 is 1.17 bits per heavy atom. The smallest absolute Gasteiger partial charge is 0.161 e. The van der Waals surface area contributed by atoms with Crippen LogP contribution in [0.3, 0.4) is 0 Å². The molecular weight excluding hydrogens is 264 g/mol. The lowest BCUT2D eigenvalue weighted by atomic mass is 10.1. The molecule has 0 N–H and O–H groups in total. The molecule has 0 spiro atoms. The van der Waals surface area contributed by atoms with E-state index < -0.39 is 0 Å². The fraction of sp³-hybridized carbons (Fsp3) is 0.286. The lowest BCUT2D eigenvalue weighted by Crippen LogP contribution is -1.98. The number of fused-ring (bicyclic) bond motifs is 1. The summed E-state index contributed by atoms with van der Waals surface area (Å²) in [6.07, 6.45) is 0. The molecule has 0 atom stereocenters. The normalized spacial score (nSPS) is 13.7. The van der Waals surface area contributed by atoms with Crippen LogP contribution in [0.1, 0.15) is 22.4 Å². The van der Waals surface area contributed by atoms with Crippen molar-refractivity contribution in [3.05, 3.63) is 45.7 Å². The van der Waals surface area contributed by atoms with Crippen LogP contribution in [0.15, 0.2) is 18.2 Å². The molecule has 0 saturated heterocycles. The molecular formula is C14H13ClN2S. The number of rotatable bonds is 1. The van der Waals surface area contributed by atoms with Crippen LogP contribution in [-0.4, -0.2) is 9.97 Å². The number of hydrogen-bond donors (Lipinski definition) is 0. The van der Waals surface area contributed by atoms with E-state index in [9.17, 15) is 0 Å². The van der Waals surface area contributed by atoms with Crippen LogP contribution < -0.4 is 0 Å². The molecule has 0 aliphatic carbocycles. The van der Waals surface area contributed by atoms with Gasteiger partial charge in [0.25, 0.3) is 0 Å². The Morgan fingerprint density at radius 2 is 2.00 bits per heavy atom. The molecule has 1 aromatic heterocycles. The van der Waals surface area contributed by atoms with Crippen molar-refractivity contribution < 1.29 is 0 Å². The molecule has 0 bridgehead atoms. The van der Waals surface area contributed by atoms with E-state index in [2.05, 4.69) is 42.0 Å². The molecule has 18 heavy (non-hydrogen) atoms. The van der Waals surface area contributed by atoms with Crippen molar-refractivity contribution in [2.45, 2.75) is 25.4 Å². The van der Waals surface area contributed by atoms with Crippen molar-refractivity contribution in [1.29, 1.82) is 0 Å². The highest BCUT2D eigenvalue weighted by Gasteiger charge is 2.19. The molecule has 4 heteroatoms. The number of benzene rings is 1. The average molecular weight is 277 g/mol. The van der Waals surface area contributed by atoms with Gasteiger partial charge >= 0.3 is 0 Å². The zero-order valence-corrected chi connectivity index (χ0v) is 11.9. The first kappa shape index (κ1) is 12.0. The summed E-state index contributed by atoms with van der Waals surface area (Å²) in [5.41, 5.74) is 5.71. The number of aryl methyl sites for hydroxylation is 2. The number of aromatic nitrogens is 2. The molecule has 2 aromatic rings. The van der Waals surface area contributed by atoms with E-state index in [1.165, 1.54) is 11.1 Å². The SMILES string of the molecule is Cc1ccc(-c2nc(Cl)c3c(n2)CSC3)c(C)c1. The summed E-state index contributed by atoms with van der Waals surface area (Å²) in [5, 5.41) is 0.611. The number of hydrogen-bond acceptors (Lipinski definition) is 3. The predicted molar refractivity (Wildman–Crippen MR) is 77.0 cm³/mol. The van der Waals surface area contributed by atoms with E-state index in [4.69, 9.17) is 11.6 Å². The van der Waals surface area contributed by atoms with Gasteiger partial charge in [0.1, 0.15) is 5.15 Å². The predicted octanol–water partition coefficient (Wildman–Crippen LogP) is 4.16. The van der Waals surface area contributed by atoms with E-state index in [1.54, 1.807) is 0 Å². The fourth-order valence-corrected chi connectivity index (χ4v) is 3.57. The molecule has 92 valence electrons. The van der Waals surface area contributed by atoms with E-state index in [0.717, 1.165) is 34.2 Å². The van der Waals surface area contributed by atoms with Crippen molar-refractivity contribution in [3.63, 3.8) is 0 Å². The van der Waals surface area contributed by atoms with Crippen LogP contribution in [0.5, 0.6) is 0 Å². The summed E-state index contributed by atoms with van der Waals surface area (Å²) >= 11 is 8.08. The summed E-state index contributed by atoms with van der Waals surface area (Å²) in [6.45, 7) is 4.17. The van der Waals surface area contributed by atoms with Crippen molar-refractivity contribution in [3.8, 4) is 11.4 Å². The maximum Gasteiger partial charge on any atom is 0.161 e. The minimum Gasteiger partial charge on any atom is -0.232 e. The third-order valence-corrected chi connectivity index (χ3v) is 4.43. The summed E-state index contributed by atoms with van der Waals surface area (Å²) in [4.78, 5) is 9.10. The number of nitrogens with zero attached hydrogens (tertiary/aromatic N) is 2. The van der Waals surface area contributed by atoms with Crippen LogP contribution in [0.2, 0.25) is 5.15 Å². The van der Waals surface area contributed by atoms with E-state index in [1.807, 2.05) is 11.8 Å². The van der Waals surface area contributed by atoms with Gasteiger partial charge in [0.05, 0.1) is 5.69 Å². The van der Waals surface area contributed by atoms with Crippen molar-refractivity contribution >= 4 is 23.4 Å². The quantitative estimate of drug-likeness (QED) is 0.732. The summed E-state index contributed by atoms with van der Waals surface area (Å²) < 4.78 is 0. The van der Waals surface area contributed by atoms with Gasteiger partial charge in [0, 0.05) is 22.6 Å². The third-order valence-electron chi connectivity index (χ3n) is 3.15. The van der Waals surface area contributed by atoms with Gasteiger partial charge in [0.15, 0.2) is 5.82 Å². The Bertz CT molecular complexity index is 625. The zero-order chi connectivity index (χ0) is 12.7. The maximum absolute atomic E-state index is 6.24. The molecule has 0 amide bonds. The standard InChI is InChI=1S/C14H13ClN2S/c1-8-3-4-10(9(2)5-8)14-16-12-7-18-6-11(12)13(15)17-14/h3-5H,6-7H2,1-2H3. The molecule has 2 nitrogen and oxygen atoms in total. The van der Waals surface area contributed by atoms with Gasteiger partial charge < -0.3 is 0 Å². The molecule has 1 aromatic carbocycles. The van der Waals surface area contributed by atoms with Gasteiger partial charge in [-0.1, -0.05) is 35.4 Å². The number of thioether (sulfide) groups is 1. The van der Waals surface area contributed by atoms with Crippen molar-refractivity contribution in [2.24, 2.45) is 0 Å². The molecule has 3 rings (SSSR count). The fourth-order valence-electron chi connectivity index (χ4n) is 2.20. The molecule has 0 unspecified atom stereocenters. The van der Waals surface area contributed by atoms with Gasteiger partial charge in [-0.05, 0) is 19.4 Å². The summed E-state index contributed by atoms with van der Waals surface area (Å²) in [5.74, 6) is 2.62. The van der Waals surface area contributed by atoms with E-state index in [-0.39, 0.29) is 0 Å². The largest absolute Gasteiger partial charge is 0.232 e. The highest BCUT2D eigenvalue weighted by molar-refractivity contribution is 7.98.